The predicted octanol–water partition coefficient (Wildman–Crippen LogP) is 3.91. The first-order chi connectivity index (χ1) is 6.66. The number of hydrogen-bond donors (Lipinski definition) is 0. The van der Waals surface area contributed by atoms with E-state index in [9.17, 15) is 4.39 Å². The van der Waals surface area contributed by atoms with Gasteiger partial charge in [0.05, 0.1) is 9.88 Å². The Morgan fingerprint density at radius 1 is 1.43 bits per heavy atom. The Hall–Kier alpha value is -0.930. The third-order valence-corrected chi connectivity index (χ3v) is 3.00. The first-order valence-corrected chi connectivity index (χ1v) is 5.24. The topological polar surface area (TPSA) is 12.9 Å². The Kier molecular flexibility index (Phi) is 2.52. The summed E-state index contributed by atoms with van der Waals surface area (Å²) in [6, 6.07) is 4.66. The van der Waals surface area contributed by atoms with Gasteiger partial charge >= 0.3 is 0 Å². The zero-order valence-electron chi connectivity index (χ0n) is 7.42. The monoisotopic (exact) mass is 227 g/mol. The molecule has 0 aliphatic rings. The minimum Gasteiger partial charge on any atom is -0.249 e. The molecule has 0 aliphatic carbocycles. The van der Waals surface area contributed by atoms with E-state index in [2.05, 4.69) is 4.98 Å². The summed E-state index contributed by atoms with van der Waals surface area (Å²) in [6.45, 7) is 1.89. The van der Waals surface area contributed by atoms with Crippen molar-refractivity contribution in [1.82, 2.24) is 4.98 Å². The van der Waals surface area contributed by atoms with E-state index in [0.29, 0.717) is 10.6 Å². The highest BCUT2D eigenvalue weighted by Gasteiger charge is 2.07. The van der Waals surface area contributed by atoms with Gasteiger partial charge in [-0.05, 0) is 25.1 Å². The van der Waals surface area contributed by atoms with Crippen LogP contribution in [-0.2, 0) is 0 Å². The summed E-state index contributed by atoms with van der Waals surface area (Å²) in [5, 5.41) is 1.34. The number of aryl methyl sites for hydroxylation is 1. The number of halogens is 2. The molecule has 2 rings (SSSR count). The second-order valence-electron chi connectivity index (χ2n) is 2.87. The highest BCUT2D eigenvalue weighted by molar-refractivity contribution is 7.15. The Bertz CT molecular complexity index is 467. The van der Waals surface area contributed by atoms with Crippen LogP contribution in [-0.4, -0.2) is 4.98 Å². The molecule has 0 atom stereocenters. The lowest BCUT2D eigenvalue weighted by Gasteiger charge is -1.98. The average molecular weight is 228 g/mol. The van der Waals surface area contributed by atoms with Gasteiger partial charge in [-0.1, -0.05) is 11.6 Å². The highest BCUT2D eigenvalue weighted by Crippen LogP contribution is 2.29. The molecule has 0 unspecified atom stereocenters. The fraction of sp³-hybridized carbons (Fsp3) is 0.100. The molecule has 0 radical (unpaired) electrons. The molecule has 0 spiro atoms. The first kappa shape index (κ1) is 9.62. The maximum absolute atomic E-state index is 13.4. The molecule has 0 saturated carbocycles. The summed E-state index contributed by atoms with van der Waals surface area (Å²) in [4.78, 5) is 4.91. The van der Waals surface area contributed by atoms with Gasteiger partial charge in [0.1, 0.15) is 5.82 Å². The van der Waals surface area contributed by atoms with E-state index in [0.717, 1.165) is 9.88 Å². The van der Waals surface area contributed by atoms with E-state index in [4.69, 9.17) is 11.6 Å². The molecular formula is C10H7ClFNS. The normalized spacial score (nSPS) is 10.5. The summed E-state index contributed by atoms with van der Waals surface area (Å²) in [5.41, 5.74) is 0.556. The summed E-state index contributed by atoms with van der Waals surface area (Å²) in [7, 11) is 0. The lowest BCUT2D eigenvalue weighted by molar-refractivity contribution is 0.632. The maximum Gasteiger partial charge on any atom is 0.133 e. The van der Waals surface area contributed by atoms with E-state index < -0.39 is 0 Å². The van der Waals surface area contributed by atoms with E-state index >= 15 is 0 Å². The summed E-state index contributed by atoms with van der Waals surface area (Å²) in [6.07, 6.45) is 1.67. The molecule has 4 heteroatoms. The Labute approximate surface area is 90.2 Å². The van der Waals surface area contributed by atoms with Gasteiger partial charge in [-0.25, -0.2) is 9.37 Å². The van der Waals surface area contributed by atoms with Crippen LogP contribution < -0.4 is 0 Å². The third-order valence-electron chi connectivity index (χ3n) is 1.82. The second kappa shape index (κ2) is 3.67. The van der Waals surface area contributed by atoms with Crippen molar-refractivity contribution in [2.24, 2.45) is 0 Å². The number of benzene rings is 1. The zero-order chi connectivity index (χ0) is 10.1. The predicted molar refractivity (Wildman–Crippen MR) is 57.3 cm³/mol. The molecule has 0 saturated heterocycles. The molecule has 0 bridgehead atoms. The van der Waals surface area contributed by atoms with Crippen molar-refractivity contribution in [2.45, 2.75) is 6.92 Å². The van der Waals surface area contributed by atoms with Crippen LogP contribution in [0.5, 0.6) is 0 Å². The number of rotatable bonds is 1. The van der Waals surface area contributed by atoms with Crippen molar-refractivity contribution < 1.29 is 4.39 Å². The molecule has 1 heterocycles. The zero-order valence-corrected chi connectivity index (χ0v) is 8.99. The molecule has 14 heavy (non-hydrogen) atoms. The van der Waals surface area contributed by atoms with Gasteiger partial charge in [-0.15, -0.1) is 11.3 Å². The van der Waals surface area contributed by atoms with Crippen LogP contribution in [0.4, 0.5) is 4.39 Å². The van der Waals surface area contributed by atoms with Crippen LogP contribution in [0.25, 0.3) is 10.4 Å². The molecule has 0 aliphatic heterocycles. The summed E-state index contributed by atoms with van der Waals surface area (Å²) < 4.78 is 13.4. The van der Waals surface area contributed by atoms with Crippen LogP contribution in [0.15, 0.2) is 24.4 Å². The number of nitrogens with zero attached hydrogens (tertiary/aromatic N) is 1. The Balaban J connectivity index is 2.52. The van der Waals surface area contributed by atoms with Gasteiger partial charge in [0.2, 0.25) is 0 Å². The SMILES string of the molecule is Cc1ncc(-c2ccc(Cl)cc2F)s1. The quantitative estimate of drug-likeness (QED) is 0.720. The second-order valence-corrected chi connectivity index (χ2v) is 4.54. The van der Waals surface area contributed by atoms with Crippen molar-refractivity contribution >= 4 is 22.9 Å². The standard InChI is InChI=1S/C10H7ClFNS/c1-6-13-5-10(14-6)8-3-2-7(11)4-9(8)12/h2-5H,1H3. The maximum atomic E-state index is 13.4. The number of hydrogen-bond acceptors (Lipinski definition) is 2. The van der Waals surface area contributed by atoms with Crippen LogP contribution in [0.1, 0.15) is 5.01 Å². The Morgan fingerprint density at radius 3 is 2.79 bits per heavy atom. The first-order valence-electron chi connectivity index (χ1n) is 4.04. The van der Waals surface area contributed by atoms with Crippen LogP contribution >= 0.6 is 22.9 Å². The van der Waals surface area contributed by atoms with Gasteiger partial charge in [-0.2, -0.15) is 0 Å². The van der Waals surface area contributed by atoms with E-state index in [1.54, 1.807) is 18.3 Å². The van der Waals surface area contributed by atoms with Crippen molar-refractivity contribution in [3.05, 3.63) is 40.2 Å². The molecule has 0 N–H and O–H groups in total. The summed E-state index contributed by atoms with van der Waals surface area (Å²) >= 11 is 7.12. The van der Waals surface area contributed by atoms with Crippen molar-refractivity contribution in [1.29, 1.82) is 0 Å². The molecule has 2 aromatic rings. The van der Waals surface area contributed by atoms with Crippen molar-refractivity contribution in [3.8, 4) is 10.4 Å². The van der Waals surface area contributed by atoms with E-state index in [1.807, 2.05) is 6.92 Å². The minimum atomic E-state index is -0.304. The number of aromatic nitrogens is 1. The van der Waals surface area contributed by atoms with Gasteiger partial charge in [-0.3, -0.25) is 0 Å². The highest BCUT2D eigenvalue weighted by atomic mass is 35.5. The molecular weight excluding hydrogens is 221 g/mol. The van der Waals surface area contributed by atoms with E-state index in [-0.39, 0.29) is 5.82 Å². The molecule has 0 amide bonds. The van der Waals surface area contributed by atoms with Crippen LogP contribution in [0.3, 0.4) is 0 Å². The van der Waals surface area contributed by atoms with Crippen molar-refractivity contribution in [2.75, 3.05) is 0 Å². The molecule has 1 aromatic heterocycles. The largest absolute Gasteiger partial charge is 0.249 e. The fourth-order valence-electron chi connectivity index (χ4n) is 1.18. The van der Waals surface area contributed by atoms with Gasteiger partial charge < -0.3 is 0 Å². The van der Waals surface area contributed by atoms with Crippen molar-refractivity contribution in [3.63, 3.8) is 0 Å². The minimum absolute atomic E-state index is 0.304. The fourth-order valence-corrected chi connectivity index (χ4v) is 2.14. The molecule has 0 fully saturated rings. The number of thiazole rings is 1. The third kappa shape index (κ3) is 1.79. The molecule has 1 aromatic carbocycles. The Morgan fingerprint density at radius 2 is 2.21 bits per heavy atom. The smallest absolute Gasteiger partial charge is 0.133 e. The lowest BCUT2D eigenvalue weighted by atomic mass is 10.2. The van der Waals surface area contributed by atoms with Gasteiger partial charge in [0.25, 0.3) is 0 Å². The average Bonchev–Trinajstić information content (AvgIpc) is 2.51. The van der Waals surface area contributed by atoms with Crippen LogP contribution in [0.2, 0.25) is 5.02 Å². The summed E-state index contributed by atoms with van der Waals surface area (Å²) in [5.74, 6) is -0.304. The van der Waals surface area contributed by atoms with Crippen LogP contribution in [0, 0.1) is 12.7 Å². The lowest BCUT2D eigenvalue weighted by Crippen LogP contribution is -1.80. The molecule has 72 valence electrons. The van der Waals surface area contributed by atoms with Gasteiger partial charge in [0.15, 0.2) is 0 Å². The van der Waals surface area contributed by atoms with E-state index in [1.165, 1.54) is 17.4 Å². The van der Waals surface area contributed by atoms with Gasteiger partial charge in [0, 0.05) is 16.8 Å². The molecule has 1 nitrogen and oxygen atoms in total.